The molecule has 0 bridgehead atoms. The number of hydrogen-bond donors (Lipinski definition) is 0. The van der Waals surface area contributed by atoms with Gasteiger partial charge in [-0.15, -0.1) is 0 Å². The molecule has 0 atom stereocenters. The molecule has 0 fully saturated rings. The van der Waals surface area contributed by atoms with Crippen LogP contribution < -0.4 is 0 Å². The minimum atomic E-state index is -0.0386. The van der Waals surface area contributed by atoms with E-state index in [4.69, 9.17) is 4.98 Å². The molecule has 142 valence electrons. The summed E-state index contributed by atoms with van der Waals surface area (Å²) < 4.78 is 0. The van der Waals surface area contributed by atoms with Crippen molar-refractivity contribution in [3.63, 3.8) is 0 Å². The van der Waals surface area contributed by atoms with Gasteiger partial charge >= 0.3 is 0 Å². The lowest BCUT2D eigenvalue weighted by Crippen LogP contribution is -2.21. The summed E-state index contributed by atoms with van der Waals surface area (Å²) in [6.07, 6.45) is 2.89. The van der Waals surface area contributed by atoms with Crippen molar-refractivity contribution in [1.82, 2.24) is 9.97 Å². The smallest absolute Gasteiger partial charge is 0.0705 e. The van der Waals surface area contributed by atoms with Gasteiger partial charge in [0.15, 0.2) is 0 Å². The van der Waals surface area contributed by atoms with Crippen LogP contribution in [0.4, 0.5) is 0 Å². The number of rotatable bonds is 3. The normalized spacial score (nSPS) is 12.6. The first kappa shape index (κ1) is 18.6. The van der Waals surface area contributed by atoms with Crippen LogP contribution in [0.25, 0.3) is 21.8 Å². The summed E-state index contributed by atoms with van der Waals surface area (Å²) in [5.74, 6) is 0. The molecule has 2 heteroatoms. The monoisotopic (exact) mass is 368 g/mol. The third-order valence-corrected chi connectivity index (χ3v) is 5.61. The molecule has 0 N–H and O–H groups in total. The molecular weight excluding hydrogens is 340 g/mol. The number of benzene rings is 2. The van der Waals surface area contributed by atoms with E-state index >= 15 is 0 Å². The van der Waals surface area contributed by atoms with Crippen LogP contribution in [-0.2, 0) is 17.3 Å². The Bertz CT molecular complexity index is 1150. The van der Waals surface area contributed by atoms with E-state index in [2.05, 4.69) is 94.2 Å². The van der Waals surface area contributed by atoms with Gasteiger partial charge in [0.2, 0.25) is 0 Å². The molecule has 0 unspecified atom stereocenters. The number of hydrogen-bond acceptors (Lipinski definition) is 2. The Morgan fingerprint density at radius 3 is 2.21 bits per heavy atom. The lowest BCUT2D eigenvalue weighted by atomic mass is 9.80. The Balaban J connectivity index is 1.65. The van der Waals surface area contributed by atoms with Gasteiger partial charge in [0.25, 0.3) is 0 Å². The van der Waals surface area contributed by atoms with Crippen LogP contribution in [0.1, 0.15) is 51.4 Å². The molecule has 2 nitrogen and oxygen atoms in total. The highest BCUT2D eigenvalue weighted by atomic mass is 14.7. The van der Waals surface area contributed by atoms with E-state index < -0.39 is 0 Å². The van der Waals surface area contributed by atoms with Crippen molar-refractivity contribution < 1.29 is 0 Å². The molecule has 0 aliphatic carbocycles. The lowest BCUT2D eigenvalue weighted by molar-refractivity contribution is 0.515. The van der Waals surface area contributed by atoms with Gasteiger partial charge in [-0.3, -0.25) is 9.97 Å². The van der Waals surface area contributed by atoms with Crippen molar-refractivity contribution >= 4 is 21.8 Å². The summed E-state index contributed by atoms with van der Waals surface area (Å²) >= 11 is 0. The average Bonchev–Trinajstić information content (AvgIpc) is 2.66. The van der Waals surface area contributed by atoms with Gasteiger partial charge in [-0.2, -0.15) is 0 Å². The summed E-state index contributed by atoms with van der Waals surface area (Å²) in [7, 11) is 0. The Labute approximate surface area is 167 Å². The molecule has 0 saturated heterocycles. The maximum absolute atomic E-state index is 4.95. The summed E-state index contributed by atoms with van der Waals surface area (Å²) in [5, 5.41) is 2.40. The van der Waals surface area contributed by atoms with Gasteiger partial charge in [0.1, 0.15) is 0 Å². The molecule has 2 aromatic heterocycles. The van der Waals surface area contributed by atoms with Crippen molar-refractivity contribution in [3.05, 3.63) is 83.7 Å². The Morgan fingerprint density at radius 1 is 0.714 bits per heavy atom. The highest BCUT2D eigenvalue weighted by Crippen LogP contribution is 2.30. The van der Waals surface area contributed by atoms with Gasteiger partial charge in [-0.25, -0.2) is 0 Å². The van der Waals surface area contributed by atoms with Crippen LogP contribution in [0.15, 0.2) is 66.9 Å². The summed E-state index contributed by atoms with van der Waals surface area (Å²) in [4.78, 5) is 9.60. The second-order valence-corrected chi connectivity index (χ2v) is 9.44. The van der Waals surface area contributed by atoms with E-state index in [1.165, 1.54) is 21.9 Å². The fourth-order valence-corrected chi connectivity index (χ4v) is 3.73. The number of fused-ring (bicyclic) bond motifs is 2. The Morgan fingerprint density at radius 2 is 1.43 bits per heavy atom. The largest absolute Gasteiger partial charge is 0.256 e. The number of nitrogens with zero attached hydrogens (tertiary/aromatic N) is 2. The average molecular weight is 369 g/mol. The zero-order chi connectivity index (χ0) is 19.9. The summed E-state index contributed by atoms with van der Waals surface area (Å²) in [6.45, 7) is 11.3. The van der Waals surface area contributed by atoms with Crippen molar-refractivity contribution in [3.8, 4) is 0 Å². The van der Waals surface area contributed by atoms with Crippen molar-refractivity contribution in [2.24, 2.45) is 0 Å². The molecule has 2 aromatic carbocycles. The minimum Gasteiger partial charge on any atom is -0.256 e. The summed E-state index contributed by atoms with van der Waals surface area (Å²) in [5.41, 5.74) is 5.93. The van der Waals surface area contributed by atoms with Gasteiger partial charge in [0, 0.05) is 22.7 Å². The quantitative estimate of drug-likeness (QED) is 0.407. The van der Waals surface area contributed by atoms with E-state index in [1.807, 2.05) is 12.3 Å². The fraction of sp³-hybridized carbons (Fsp3) is 0.308. The minimum absolute atomic E-state index is 0.0386. The Kier molecular flexibility index (Phi) is 4.45. The Hall–Kier alpha value is -2.74. The van der Waals surface area contributed by atoms with Crippen LogP contribution in [0.3, 0.4) is 0 Å². The van der Waals surface area contributed by atoms with Crippen LogP contribution in [0.5, 0.6) is 0 Å². The van der Waals surface area contributed by atoms with Crippen LogP contribution in [0, 0.1) is 0 Å². The molecule has 0 saturated carbocycles. The molecule has 0 spiro atoms. The topological polar surface area (TPSA) is 25.8 Å². The van der Waals surface area contributed by atoms with E-state index in [9.17, 15) is 0 Å². The predicted molar refractivity (Wildman–Crippen MR) is 119 cm³/mol. The van der Waals surface area contributed by atoms with Crippen LogP contribution in [-0.4, -0.2) is 9.97 Å². The third-order valence-electron chi connectivity index (χ3n) is 5.61. The van der Waals surface area contributed by atoms with Gasteiger partial charge in [-0.1, -0.05) is 65.0 Å². The number of para-hydroxylation sites is 1. The first-order valence-corrected chi connectivity index (χ1v) is 9.98. The second kappa shape index (κ2) is 6.70. The van der Waals surface area contributed by atoms with Gasteiger partial charge in [-0.05, 0) is 58.7 Å². The van der Waals surface area contributed by atoms with Gasteiger partial charge in [0.05, 0.1) is 11.0 Å². The highest BCUT2D eigenvalue weighted by molar-refractivity contribution is 5.80. The van der Waals surface area contributed by atoms with E-state index in [0.29, 0.717) is 0 Å². The van der Waals surface area contributed by atoms with Crippen molar-refractivity contribution in [1.29, 1.82) is 0 Å². The number of pyridine rings is 2. The maximum Gasteiger partial charge on any atom is 0.0705 e. The number of aromatic nitrogens is 2. The summed E-state index contributed by atoms with van der Waals surface area (Å²) in [6, 6.07) is 21.6. The first-order valence-electron chi connectivity index (χ1n) is 9.98. The molecule has 0 aliphatic rings. The van der Waals surface area contributed by atoms with E-state index in [0.717, 1.165) is 23.1 Å². The van der Waals surface area contributed by atoms with Crippen molar-refractivity contribution in [2.45, 2.75) is 51.9 Å². The molecule has 28 heavy (non-hydrogen) atoms. The molecule has 0 aliphatic heterocycles. The van der Waals surface area contributed by atoms with Crippen LogP contribution >= 0.6 is 0 Å². The van der Waals surface area contributed by atoms with Crippen LogP contribution in [0.2, 0.25) is 0 Å². The molecule has 0 radical (unpaired) electrons. The molecular formula is C26H28N2. The van der Waals surface area contributed by atoms with E-state index in [-0.39, 0.29) is 10.8 Å². The third kappa shape index (κ3) is 3.64. The standard InChI is InChI=1S/C26H28N2/c1-25(2,3)20-11-13-24-19(14-20)10-12-22(28-24)16-26(4,5)21-15-18-8-6-7-9-23(18)27-17-21/h6-15,17H,16H2,1-5H3. The SMILES string of the molecule is CC(C)(C)c1ccc2nc(CC(C)(C)c3cnc4ccccc4c3)ccc2c1. The maximum atomic E-state index is 4.95. The zero-order valence-electron chi connectivity index (χ0n) is 17.5. The zero-order valence-corrected chi connectivity index (χ0v) is 17.5. The molecule has 0 amide bonds. The van der Waals surface area contributed by atoms with Gasteiger partial charge < -0.3 is 0 Å². The first-order chi connectivity index (χ1) is 13.2. The van der Waals surface area contributed by atoms with Crippen molar-refractivity contribution in [2.75, 3.05) is 0 Å². The molecule has 4 aromatic rings. The van der Waals surface area contributed by atoms with E-state index in [1.54, 1.807) is 0 Å². The highest BCUT2D eigenvalue weighted by Gasteiger charge is 2.23. The molecule has 2 heterocycles. The molecule has 4 rings (SSSR count). The lowest BCUT2D eigenvalue weighted by Gasteiger charge is -2.25. The predicted octanol–water partition coefficient (Wildman–Crippen LogP) is 6.60. The fourth-order valence-electron chi connectivity index (χ4n) is 3.73. The second-order valence-electron chi connectivity index (χ2n) is 9.44.